The summed E-state index contributed by atoms with van der Waals surface area (Å²) in [6.45, 7) is 2.11. The molecule has 1 saturated heterocycles. The Bertz CT molecular complexity index is 1270. The first-order valence-corrected chi connectivity index (χ1v) is 12.1. The van der Waals surface area contributed by atoms with Crippen LogP contribution in [-0.2, 0) is 20.8 Å². The van der Waals surface area contributed by atoms with Crippen LogP contribution in [-0.4, -0.2) is 87.3 Å². The first-order valence-electron chi connectivity index (χ1n) is 11.2. The highest BCUT2D eigenvalue weighted by atomic mass is 32.1. The maximum absolute atomic E-state index is 13.3. The average Bonchev–Trinajstić information content (AvgIpc) is 3.29. The van der Waals surface area contributed by atoms with E-state index in [9.17, 15) is 34.1 Å². The topological polar surface area (TPSA) is 204 Å². The van der Waals surface area contributed by atoms with Gasteiger partial charge in [0, 0.05) is 25.0 Å². The molecule has 6 N–H and O–H groups in total. The number of carboxylic acids is 1. The highest BCUT2D eigenvalue weighted by Gasteiger charge is 2.41. The molecule has 37 heavy (non-hydrogen) atoms. The number of carbonyl (C=O) groups excluding carboxylic acids is 4. The number of nitrogen functional groups attached to an aromatic ring is 1. The van der Waals surface area contributed by atoms with Crippen molar-refractivity contribution in [3.8, 4) is 5.75 Å². The molecule has 0 spiro atoms. The monoisotopic (exact) mass is 530 g/mol. The SMILES string of the molecule is CCN1CCN(C(=O)NC(C(=O)N[C@H]2Cc3cccc(C(=O)O)c3OB2O)c2csc(N)n2)C(=O)C1=O. The third-order valence-electron chi connectivity index (χ3n) is 5.98. The molecule has 3 heterocycles. The number of nitrogens with zero attached hydrogens (tertiary/aromatic N) is 3. The van der Waals surface area contributed by atoms with E-state index >= 15 is 0 Å². The summed E-state index contributed by atoms with van der Waals surface area (Å²) in [7, 11) is -1.59. The Labute approximate surface area is 214 Å². The van der Waals surface area contributed by atoms with E-state index in [0.29, 0.717) is 17.0 Å². The number of amides is 5. The van der Waals surface area contributed by atoms with Gasteiger partial charge < -0.3 is 36.1 Å². The van der Waals surface area contributed by atoms with Crippen LogP contribution >= 0.6 is 11.3 Å². The van der Waals surface area contributed by atoms with E-state index in [4.69, 9.17) is 10.4 Å². The van der Waals surface area contributed by atoms with Crippen molar-refractivity contribution in [2.24, 2.45) is 0 Å². The van der Waals surface area contributed by atoms with E-state index < -0.39 is 48.8 Å². The Morgan fingerprint density at radius 2 is 2.05 bits per heavy atom. The van der Waals surface area contributed by atoms with Crippen molar-refractivity contribution < 1.29 is 38.8 Å². The molecule has 194 valence electrons. The second-order valence-electron chi connectivity index (χ2n) is 8.26. The molecular formula is C21H23BN6O8S. The van der Waals surface area contributed by atoms with Crippen LogP contribution in [0.3, 0.4) is 0 Å². The maximum atomic E-state index is 13.3. The highest BCUT2D eigenvalue weighted by molar-refractivity contribution is 7.13. The molecular weight excluding hydrogens is 507 g/mol. The number of thiazole rings is 1. The second-order valence-corrected chi connectivity index (χ2v) is 9.15. The van der Waals surface area contributed by atoms with Crippen LogP contribution in [0.2, 0.25) is 0 Å². The third kappa shape index (κ3) is 5.19. The summed E-state index contributed by atoms with van der Waals surface area (Å²) in [5, 5.41) is 26.4. The number of piperazine rings is 1. The lowest BCUT2D eigenvalue weighted by Gasteiger charge is -2.33. The average molecular weight is 530 g/mol. The number of para-hydroxylation sites is 1. The van der Waals surface area contributed by atoms with E-state index in [1.54, 1.807) is 13.0 Å². The summed E-state index contributed by atoms with van der Waals surface area (Å²) >= 11 is 1.02. The van der Waals surface area contributed by atoms with Gasteiger partial charge in [-0.3, -0.25) is 19.3 Å². The van der Waals surface area contributed by atoms with Crippen LogP contribution in [0.1, 0.15) is 34.6 Å². The van der Waals surface area contributed by atoms with Crippen LogP contribution in [0.5, 0.6) is 5.75 Å². The quantitative estimate of drug-likeness (QED) is 0.228. The number of hydrogen-bond acceptors (Lipinski definition) is 10. The Morgan fingerprint density at radius 1 is 1.30 bits per heavy atom. The summed E-state index contributed by atoms with van der Waals surface area (Å²) in [5.41, 5.74) is 6.10. The largest absolute Gasteiger partial charge is 0.547 e. The number of anilines is 1. The third-order valence-corrected chi connectivity index (χ3v) is 6.67. The number of benzene rings is 1. The van der Waals surface area contributed by atoms with Gasteiger partial charge in [0.15, 0.2) is 11.2 Å². The van der Waals surface area contributed by atoms with E-state index in [0.717, 1.165) is 11.3 Å². The zero-order chi connectivity index (χ0) is 26.9. The molecule has 2 aliphatic heterocycles. The number of nitrogens with one attached hydrogen (secondary N) is 2. The molecule has 4 rings (SSSR count). The summed E-state index contributed by atoms with van der Waals surface area (Å²) in [6.07, 6.45) is 0.0369. The minimum absolute atomic E-state index is 0.000437. The van der Waals surface area contributed by atoms with Gasteiger partial charge in [0.2, 0.25) is 5.91 Å². The maximum Gasteiger partial charge on any atom is 0.547 e. The molecule has 2 aromatic rings. The minimum atomic E-state index is -1.59. The zero-order valence-corrected chi connectivity index (χ0v) is 20.4. The molecule has 1 aromatic heterocycles. The highest BCUT2D eigenvalue weighted by Crippen LogP contribution is 2.30. The van der Waals surface area contributed by atoms with Crippen molar-refractivity contribution in [3.63, 3.8) is 0 Å². The predicted molar refractivity (Wildman–Crippen MR) is 129 cm³/mol. The summed E-state index contributed by atoms with van der Waals surface area (Å²) in [6, 6.07) is 2.05. The number of likely N-dealkylation sites (N-methyl/N-ethyl adjacent to an activating group) is 1. The fourth-order valence-electron chi connectivity index (χ4n) is 4.06. The number of urea groups is 1. The Kier molecular flexibility index (Phi) is 7.31. The summed E-state index contributed by atoms with van der Waals surface area (Å²) < 4.78 is 5.39. The van der Waals surface area contributed by atoms with Gasteiger partial charge >= 0.3 is 30.9 Å². The fraction of sp³-hybridized carbons (Fsp3) is 0.333. The van der Waals surface area contributed by atoms with E-state index in [1.165, 1.54) is 22.4 Å². The van der Waals surface area contributed by atoms with Crippen LogP contribution < -0.4 is 21.0 Å². The molecule has 16 heteroatoms. The molecule has 14 nitrogen and oxygen atoms in total. The number of rotatable bonds is 6. The van der Waals surface area contributed by atoms with Gasteiger partial charge in [-0.1, -0.05) is 12.1 Å². The molecule has 1 unspecified atom stereocenters. The first-order chi connectivity index (χ1) is 17.6. The Hall–Kier alpha value is -4.18. The molecule has 0 bridgehead atoms. The summed E-state index contributed by atoms with van der Waals surface area (Å²) in [5.74, 6) is -4.89. The lowest BCUT2D eigenvalue weighted by Crippen LogP contribution is -2.60. The molecule has 0 radical (unpaired) electrons. The van der Waals surface area contributed by atoms with Crippen molar-refractivity contribution in [1.29, 1.82) is 0 Å². The predicted octanol–water partition coefficient (Wildman–Crippen LogP) is -0.995. The van der Waals surface area contributed by atoms with Gasteiger partial charge in [0.05, 0.1) is 17.2 Å². The molecule has 5 amide bonds. The standard InChI is InChI=1S/C21H23BN6O8S/c1-2-27-6-7-28(18(31)17(27)30)21(34)26-14(12-9-37-20(23)24-12)16(29)25-13-8-10-4-3-5-11(19(32)33)15(10)36-22(13)35/h3-5,9,13-14,35H,2,6-8H2,1H3,(H2,23,24)(H,25,29)(H,26,34)(H,32,33)/t13-,14?/m0/s1. The summed E-state index contributed by atoms with van der Waals surface area (Å²) in [4.78, 5) is 68.4. The smallest absolute Gasteiger partial charge is 0.534 e. The first kappa shape index (κ1) is 25.9. The number of aromatic carboxylic acids is 1. The van der Waals surface area contributed by atoms with E-state index in [1.807, 2.05) is 0 Å². The number of aromatic nitrogens is 1. The lowest BCUT2D eigenvalue weighted by molar-refractivity contribution is -0.153. The second kappa shape index (κ2) is 10.4. The van der Waals surface area contributed by atoms with Gasteiger partial charge in [0.25, 0.3) is 0 Å². The van der Waals surface area contributed by atoms with Crippen molar-refractivity contribution in [2.75, 3.05) is 25.4 Å². The van der Waals surface area contributed by atoms with Crippen LogP contribution in [0, 0.1) is 0 Å². The molecule has 0 saturated carbocycles. The van der Waals surface area contributed by atoms with Crippen molar-refractivity contribution in [2.45, 2.75) is 25.3 Å². The van der Waals surface area contributed by atoms with Gasteiger partial charge in [-0.2, -0.15) is 0 Å². The molecule has 2 atom stereocenters. The van der Waals surface area contributed by atoms with Crippen molar-refractivity contribution in [3.05, 3.63) is 40.4 Å². The number of hydrogen-bond donors (Lipinski definition) is 5. The molecule has 1 aromatic carbocycles. The number of imide groups is 1. The van der Waals surface area contributed by atoms with Crippen LogP contribution in [0.25, 0.3) is 0 Å². The Morgan fingerprint density at radius 3 is 2.70 bits per heavy atom. The number of carboxylic acid groups (broad SMARTS) is 1. The van der Waals surface area contributed by atoms with Gasteiger partial charge in [0.1, 0.15) is 5.75 Å². The molecule has 2 aliphatic rings. The minimum Gasteiger partial charge on any atom is -0.534 e. The number of carbonyl (C=O) groups is 5. The fourth-order valence-corrected chi connectivity index (χ4v) is 4.65. The van der Waals surface area contributed by atoms with Crippen LogP contribution in [0.15, 0.2) is 23.6 Å². The van der Waals surface area contributed by atoms with E-state index in [2.05, 4.69) is 15.6 Å². The lowest BCUT2D eigenvalue weighted by atomic mass is 9.72. The molecule has 1 fully saturated rings. The van der Waals surface area contributed by atoms with Gasteiger partial charge in [-0.25, -0.2) is 14.6 Å². The van der Waals surface area contributed by atoms with Gasteiger partial charge in [-0.05, 0) is 25.0 Å². The van der Waals surface area contributed by atoms with Crippen LogP contribution in [0.4, 0.5) is 9.93 Å². The normalized spacial score (nSPS) is 18.1. The number of nitrogens with two attached hydrogens (primary N) is 1. The van der Waals surface area contributed by atoms with Crippen molar-refractivity contribution >= 4 is 53.3 Å². The van der Waals surface area contributed by atoms with E-state index in [-0.39, 0.29) is 41.6 Å². The number of fused-ring (bicyclic) bond motifs is 1. The van der Waals surface area contributed by atoms with Crippen molar-refractivity contribution in [1.82, 2.24) is 25.4 Å². The molecule has 0 aliphatic carbocycles. The van der Waals surface area contributed by atoms with Gasteiger partial charge in [-0.15, -0.1) is 11.3 Å². The Balaban J connectivity index is 1.52. The zero-order valence-electron chi connectivity index (χ0n) is 19.5.